The second-order valence-electron chi connectivity index (χ2n) is 4.83. The number of nitrogens with one attached hydrogen (secondary N) is 1. The van der Waals surface area contributed by atoms with Crippen LogP contribution >= 0.6 is 15.9 Å². The molecule has 0 bridgehead atoms. The fourth-order valence-corrected chi connectivity index (χ4v) is 2.68. The van der Waals surface area contributed by atoms with Gasteiger partial charge in [0.25, 0.3) is 0 Å². The van der Waals surface area contributed by atoms with Crippen molar-refractivity contribution in [1.82, 2.24) is 9.97 Å². The average Bonchev–Trinajstić information content (AvgIpc) is 2.41. The van der Waals surface area contributed by atoms with Crippen LogP contribution in [-0.4, -0.2) is 21.6 Å². The first kappa shape index (κ1) is 14.8. The Balaban J connectivity index is 2.58. The first-order valence-electron chi connectivity index (χ1n) is 6.63. The van der Waals surface area contributed by atoms with Crippen LogP contribution < -0.4 is 5.32 Å². The Morgan fingerprint density at radius 1 is 1.30 bits per heavy atom. The minimum atomic E-state index is 0.213. The van der Waals surface area contributed by atoms with Gasteiger partial charge in [-0.3, -0.25) is 0 Å². The van der Waals surface area contributed by atoms with Crippen LogP contribution in [0.1, 0.15) is 32.4 Å². The molecular formula is C15H18BrN3O. The summed E-state index contributed by atoms with van der Waals surface area (Å²) in [5.41, 5.74) is 1.76. The van der Waals surface area contributed by atoms with Crippen molar-refractivity contribution >= 4 is 21.7 Å². The SMILES string of the molecule is CCNc1nc(-c2cccc(O)c2)nc(C(C)C)c1Br. The molecule has 0 atom stereocenters. The van der Waals surface area contributed by atoms with Crippen molar-refractivity contribution in [2.75, 3.05) is 11.9 Å². The number of aromatic nitrogens is 2. The Kier molecular flexibility index (Phi) is 4.60. The summed E-state index contributed by atoms with van der Waals surface area (Å²) in [6, 6.07) is 6.99. The molecule has 0 saturated heterocycles. The van der Waals surface area contributed by atoms with Crippen molar-refractivity contribution in [2.45, 2.75) is 26.7 Å². The zero-order valence-corrected chi connectivity index (χ0v) is 13.4. The minimum absolute atomic E-state index is 0.213. The molecule has 0 radical (unpaired) electrons. The number of phenolic OH excluding ortho intramolecular Hbond substituents is 1. The summed E-state index contributed by atoms with van der Waals surface area (Å²) in [4.78, 5) is 9.15. The van der Waals surface area contributed by atoms with Gasteiger partial charge in [-0.2, -0.15) is 0 Å². The lowest BCUT2D eigenvalue weighted by Crippen LogP contribution is -2.07. The van der Waals surface area contributed by atoms with Gasteiger partial charge in [0, 0.05) is 12.1 Å². The van der Waals surface area contributed by atoms with Gasteiger partial charge in [0.1, 0.15) is 11.6 Å². The minimum Gasteiger partial charge on any atom is -0.508 e. The van der Waals surface area contributed by atoms with E-state index in [1.165, 1.54) is 0 Å². The summed E-state index contributed by atoms with van der Waals surface area (Å²) >= 11 is 3.57. The van der Waals surface area contributed by atoms with E-state index in [-0.39, 0.29) is 11.7 Å². The fraction of sp³-hybridized carbons (Fsp3) is 0.333. The van der Waals surface area contributed by atoms with Crippen molar-refractivity contribution in [3.8, 4) is 17.1 Å². The molecule has 0 spiro atoms. The highest BCUT2D eigenvalue weighted by molar-refractivity contribution is 9.10. The number of rotatable bonds is 4. The van der Waals surface area contributed by atoms with Gasteiger partial charge >= 0.3 is 0 Å². The molecule has 1 aromatic carbocycles. The van der Waals surface area contributed by atoms with E-state index in [1.54, 1.807) is 18.2 Å². The van der Waals surface area contributed by atoms with Crippen LogP contribution in [0.2, 0.25) is 0 Å². The molecule has 5 heteroatoms. The molecule has 0 aliphatic rings. The van der Waals surface area contributed by atoms with Gasteiger partial charge in [-0.1, -0.05) is 26.0 Å². The molecule has 0 aliphatic heterocycles. The summed E-state index contributed by atoms with van der Waals surface area (Å²) in [6.45, 7) is 6.99. The topological polar surface area (TPSA) is 58.0 Å². The third-order valence-corrected chi connectivity index (χ3v) is 3.65. The van der Waals surface area contributed by atoms with Crippen LogP contribution in [0.5, 0.6) is 5.75 Å². The highest BCUT2D eigenvalue weighted by atomic mass is 79.9. The molecule has 4 nitrogen and oxygen atoms in total. The zero-order valence-electron chi connectivity index (χ0n) is 11.8. The van der Waals surface area contributed by atoms with Crippen LogP contribution in [0.4, 0.5) is 5.82 Å². The van der Waals surface area contributed by atoms with E-state index in [1.807, 2.05) is 13.0 Å². The normalized spacial score (nSPS) is 10.8. The Bertz CT molecular complexity index is 614. The molecule has 1 aromatic heterocycles. The van der Waals surface area contributed by atoms with Gasteiger partial charge in [0.2, 0.25) is 0 Å². The number of benzene rings is 1. The Hall–Kier alpha value is -1.62. The molecule has 0 fully saturated rings. The molecule has 2 N–H and O–H groups in total. The Labute approximate surface area is 127 Å². The Morgan fingerprint density at radius 2 is 2.05 bits per heavy atom. The maximum absolute atomic E-state index is 9.60. The van der Waals surface area contributed by atoms with E-state index in [0.29, 0.717) is 5.82 Å². The van der Waals surface area contributed by atoms with Gasteiger partial charge in [-0.15, -0.1) is 0 Å². The van der Waals surface area contributed by atoms with Crippen molar-refractivity contribution in [3.63, 3.8) is 0 Å². The number of hydrogen-bond acceptors (Lipinski definition) is 4. The van der Waals surface area contributed by atoms with E-state index in [9.17, 15) is 5.11 Å². The number of hydrogen-bond donors (Lipinski definition) is 2. The van der Waals surface area contributed by atoms with Gasteiger partial charge in [-0.05, 0) is 40.9 Å². The monoisotopic (exact) mass is 335 g/mol. The summed E-state index contributed by atoms with van der Waals surface area (Å²) in [5, 5.41) is 12.8. The van der Waals surface area contributed by atoms with Crippen molar-refractivity contribution in [3.05, 3.63) is 34.4 Å². The molecule has 20 heavy (non-hydrogen) atoms. The van der Waals surface area contributed by atoms with Crippen LogP contribution in [0.3, 0.4) is 0 Å². The first-order valence-corrected chi connectivity index (χ1v) is 7.43. The van der Waals surface area contributed by atoms with E-state index in [2.05, 4.69) is 45.1 Å². The van der Waals surface area contributed by atoms with Crippen LogP contribution in [0, 0.1) is 0 Å². The smallest absolute Gasteiger partial charge is 0.161 e. The van der Waals surface area contributed by atoms with Crippen molar-refractivity contribution < 1.29 is 5.11 Å². The molecular weight excluding hydrogens is 318 g/mol. The van der Waals surface area contributed by atoms with Gasteiger partial charge in [-0.25, -0.2) is 9.97 Å². The third kappa shape index (κ3) is 3.10. The molecule has 2 rings (SSSR count). The molecule has 106 valence electrons. The summed E-state index contributed by atoms with van der Waals surface area (Å²) in [6.07, 6.45) is 0. The number of aromatic hydroxyl groups is 1. The van der Waals surface area contributed by atoms with Gasteiger partial charge in [0.15, 0.2) is 5.82 Å². The van der Waals surface area contributed by atoms with E-state index < -0.39 is 0 Å². The highest BCUT2D eigenvalue weighted by Gasteiger charge is 2.15. The number of anilines is 1. The largest absolute Gasteiger partial charge is 0.508 e. The number of phenols is 1. The maximum Gasteiger partial charge on any atom is 0.161 e. The zero-order chi connectivity index (χ0) is 14.7. The second kappa shape index (κ2) is 6.22. The molecule has 0 amide bonds. The lowest BCUT2D eigenvalue weighted by atomic mass is 10.1. The molecule has 0 unspecified atom stereocenters. The quantitative estimate of drug-likeness (QED) is 0.880. The molecule has 0 saturated carbocycles. The summed E-state index contributed by atoms with van der Waals surface area (Å²) in [5.74, 6) is 1.89. The van der Waals surface area contributed by atoms with E-state index in [4.69, 9.17) is 0 Å². The predicted molar refractivity (Wildman–Crippen MR) is 85.1 cm³/mol. The summed E-state index contributed by atoms with van der Waals surface area (Å²) < 4.78 is 0.901. The van der Waals surface area contributed by atoms with E-state index in [0.717, 1.165) is 28.1 Å². The lowest BCUT2D eigenvalue weighted by molar-refractivity contribution is 0.475. The fourth-order valence-electron chi connectivity index (χ4n) is 1.91. The van der Waals surface area contributed by atoms with E-state index >= 15 is 0 Å². The van der Waals surface area contributed by atoms with Crippen molar-refractivity contribution in [2.24, 2.45) is 0 Å². The van der Waals surface area contributed by atoms with Crippen LogP contribution in [0.15, 0.2) is 28.7 Å². The number of halogens is 1. The lowest BCUT2D eigenvalue weighted by Gasteiger charge is -2.14. The third-order valence-electron chi connectivity index (χ3n) is 2.87. The second-order valence-corrected chi connectivity index (χ2v) is 5.62. The first-order chi connectivity index (χ1) is 9.52. The van der Waals surface area contributed by atoms with Gasteiger partial charge in [0.05, 0.1) is 10.2 Å². The summed E-state index contributed by atoms with van der Waals surface area (Å²) in [7, 11) is 0. The predicted octanol–water partition coefficient (Wildman–Crippen LogP) is 4.17. The van der Waals surface area contributed by atoms with Crippen LogP contribution in [0.25, 0.3) is 11.4 Å². The average molecular weight is 336 g/mol. The van der Waals surface area contributed by atoms with Crippen LogP contribution in [-0.2, 0) is 0 Å². The standard InChI is InChI=1S/C15H18BrN3O/c1-4-17-15-12(16)13(9(2)3)18-14(19-15)10-6-5-7-11(20)8-10/h5-9,20H,4H2,1-3H3,(H,17,18,19). The highest BCUT2D eigenvalue weighted by Crippen LogP contribution is 2.31. The molecule has 0 aliphatic carbocycles. The Morgan fingerprint density at radius 3 is 2.65 bits per heavy atom. The molecule has 2 aromatic rings. The maximum atomic E-state index is 9.60. The molecule has 1 heterocycles. The van der Waals surface area contributed by atoms with Crippen molar-refractivity contribution in [1.29, 1.82) is 0 Å². The van der Waals surface area contributed by atoms with Gasteiger partial charge < -0.3 is 10.4 Å². The number of nitrogens with zero attached hydrogens (tertiary/aromatic N) is 2.